The Labute approximate surface area is 86.5 Å². The molecule has 0 saturated carbocycles. The summed E-state index contributed by atoms with van der Waals surface area (Å²) in [5.41, 5.74) is 0. The Morgan fingerprint density at radius 1 is 1.17 bits per heavy atom. The van der Waals surface area contributed by atoms with E-state index in [0.717, 1.165) is 5.88 Å². The number of alkyl halides is 1. The maximum Gasteiger partial charge on any atom is 0.0339 e. The van der Waals surface area contributed by atoms with Gasteiger partial charge in [-0.25, -0.2) is 0 Å². The summed E-state index contributed by atoms with van der Waals surface area (Å²) >= 11 is 7.70. The molecular formula is C10H21ClS. The van der Waals surface area contributed by atoms with E-state index in [1.807, 2.05) is 11.8 Å². The number of hydrogen-bond donors (Lipinski definition) is 0. The van der Waals surface area contributed by atoms with Crippen LogP contribution in [0.2, 0.25) is 0 Å². The zero-order valence-electron chi connectivity index (χ0n) is 8.31. The van der Waals surface area contributed by atoms with Crippen molar-refractivity contribution in [3.63, 3.8) is 0 Å². The second kappa shape index (κ2) is 9.73. The van der Waals surface area contributed by atoms with Crippen molar-refractivity contribution in [1.82, 2.24) is 0 Å². The molecule has 2 heteroatoms. The minimum Gasteiger partial charge on any atom is -0.158 e. The lowest BCUT2D eigenvalue weighted by molar-refractivity contribution is 0.659. The van der Waals surface area contributed by atoms with Crippen molar-refractivity contribution >= 4 is 23.4 Å². The zero-order chi connectivity index (χ0) is 9.23. The molecule has 0 heterocycles. The Morgan fingerprint density at radius 2 is 1.83 bits per heavy atom. The Balaban J connectivity index is 2.90. The van der Waals surface area contributed by atoms with Gasteiger partial charge in [0.15, 0.2) is 0 Å². The van der Waals surface area contributed by atoms with Crippen LogP contribution in [0.25, 0.3) is 0 Å². The van der Waals surface area contributed by atoms with E-state index < -0.39 is 0 Å². The lowest BCUT2D eigenvalue weighted by atomic mass is 10.2. The highest BCUT2D eigenvalue weighted by atomic mass is 35.5. The number of unbranched alkanes of at least 4 members (excludes halogenated alkanes) is 4. The SMILES string of the molecule is CCCCCCCSC(C)CCl. The quantitative estimate of drug-likeness (QED) is 0.423. The molecule has 0 aliphatic rings. The predicted molar refractivity (Wildman–Crippen MR) is 61.4 cm³/mol. The van der Waals surface area contributed by atoms with E-state index in [1.165, 1.54) is 37.9 Å². The van der Waals surface area contributed by atoms with Crippen LogP contribution in [-0.4, -0.2) is 16.9 Å². The molecule has 0 N–H and O–H groups in total. The van der Waals surface area contributed by atoms with Gasteiger partial charge in [-0.1, -0.05) is 39.5 Å². The molecule has 0 radical (unpaired) electrons. The van der Waals surface area contributed by atoms with E-state index in [2.05, 4.69) is 13.8 Å². The third kappa shape index (κ3) is 8.73. The smallest absolute Gasteiger partial charge is 0.0339 e. The average Bonchev–Trinajstić information content (AvgIpc) is 2.10. The summed E-state index contributed by atoms with van der Waals surface area (Å²) in [4.78, 5) is 0. The monoisotopic (exact) mass is 208 g/mol. The van der Waals surface area contributed by atoms with Crippen LogP contribution < -0.4 is 0 Å². The first-order valence-electron chi connectivity index (χ1n) is 4.98. The molecule has 0 nitrogen and oxygen atoms in total. The second-order valence-corrected chi connectivity index (χ2v) is 5.10. The molecular weight excluding hydrogens is 188 g/mol. The Kier molecular flexibility index (Phi) is 10.2. The van der Waals surface area contributed by atoms with Crippen LogP contribution in [0.5, 0.6) is 0 Å². The summed E-state index contributed by atoms with van der Waals surface area (Å²) in [5.74, 6) is 2.08. The first-order chi connectivity index (χ1) is 5.81. The highest BCUT2D eigenvalue weighted by molar-refractivity contribution is 7.99. The third-order valence-corrected chi connectivity index (χ3v) is 3.77. The molecule has 1 atom stereocenters. The Bertz CT molecular complexity index is 85.9. The Hall–Kier alpha value is 0.640. The van der Waals surface area contributed by atoms with Crippen molar-refractivity contribution in [1.29, 1.82) is 0 Å². The fourth-order valence-electron chi connectivity index (χ4n) is 1.03. The first kappa shape index (κ1) is 12.6. The van der Waals surface area contributed by atoms with E-state index in [0.29, 0.717) is 5.25 Å². The molecule has 0 aromatic rings. The van der Waals surface area contributed by atoms with Gasteiger partial charge in [0.1, 0.15) is 0 Å². The zero-order valence-corrected chi connectivity index (χ0v) is 9.89. The molecule has 74 valence electrons. The summed E-state index contributed by atoms with van der Waals surface area (Å²) in [6, 6.07) is 0. The maximum absolute atomic E-state index is 5.69. The molecule has 0 saturated heterocycles. The van der Waals surface area contributed by atoms with E-state index in [-0.39, 0.29) is 0 Å². The molecule has 0 aliphatic carbocycles. The van der Waals surface area contributed by atoms with Gasteiger partial charge in [0.05, 0.1) is 0 Å². The second-order valence-electron chi connectivity index (χ2n) is 3.25. The third-order valence-electron chi connectivity index (χ3n) is 1.87. The van der Waals surface area contributed by atoms with Gasteiger partial charge in [0, 0.05) is 11.1 Å². The van der Waals surface area contributed by atoms with Crippen LogP contribution in [0, 0.1) is 0 Å². The highest BCUT2D eigenvalue weighted by Gasteiger charge is 1.98. The summed E-state index contributed by atoms with van der Waals surface area (Å²) in [5, 5.41) is 0.637. The van der Waals surface area contributed by atoms with Crippen LogP contribution >= 0.6 is 23.4 Å². The van der Waals surface area contributed by atoms with Crippen molar-refractivity contribution in [3.8, 4) is 0 Å². The largest absolute Gasteiger partial charge is 0.158 e. The van der Waals surface area contributed by atoms with Crippen molar-refractivity contribution in [2.75, 3.05) is 11.6 Å². The maximum atomic E-state index is 5.69. The van der Waals surface area contributed by atoms with E-state index in [1.54, 1.807) is 0 Å². The van der Waals surface area contributed by atoms with Gasteiger partial charge in [-0.2, -0.15) is 11.8 Å². The summed E-state index contributed by atoms with van der Waals surface area (Å²) in [7, 11) is 0. The normalized spacial score (nSPS) is 13.2. The molecule has 0 fully saturated rings. The van der Waals surface area contributed by atoms with Crippen LogP contribution in [0.3, 0.4) is 0 Å². The molecule has 0 aromatic heterocycles. The van der Waals surface area contributed by atoms with Gasteiger partial charge in [-0.3, -0.25) is 0 Å². The fourth-order valence-corrected chi connectivity index (χ4v) is 2.16. The van der Waals surface area contributed by atoms with Gasteiger partial charge < -0.3 is 0 Å². The number of hydrogen-bond acceptors (Lipinski definition) is 1. The standard InChI is InChI=1S/C10H21ClS/c1-3-4-5-6-7-8-12-10(2)9-11/h10H,3-9H2,1-2H3. The van der Waals surface area contributed by atoms with Gasteiger partial charge in [0.2, 0.25) is 0 Å². The van der Waals surface area contributed by atoms with Crippen molar-refractivity contribution in [2.24, 2.45) is 0 Å². The lowest BCUT2D eigenvalue weighted by Gasteiger charge is -2.06. The molecule has 0 bridgehead atoms. The molecule has 0 rings (SSSR count). The number of thioether (sulfide) groups is 1. The molecule has 0 aromatic carbocycles. The van der Waals surface area contributed by atoms with Crippen LogP contribution in [0.4, 0.5) is 0 Å². The van der Waals surface area contributed by atoms with Gasteiger partial charge in [0.25, 0.3) is 0 Å². The molecule has 0 amide bonds. The highest BCUT2D eigenvalue weighted by Crippen LogP contribution is 2.14. The van der Waals surface area contributed by atoms with Crippen LogP contribution in [0.1, 0.15) is 46.0 Å². The van der Waals surface area contributed by atoms with Crippen LogP contribution in [0.15, 0.2) is 0 Å². The fraction of sp³-hybridized carbons (Fsp3) is 1.00. The average molecular weight is 209 g/mol. The Morgan fingerprint density at radius 3 is 2.42 bits per heavy atom. The summed E-state index contributed by atoms with van der Waals surface area (Å²) < 4.78 is 0. The topological polar surface area (TPSA) is 0 Å². The molecule has 0 spiro atoms. The minimum absolute atomic E-state index is 0.637. The number of rotatable bonds is 8. The number of halogens is 1. The van der Waals surface area contributed by atoms with Crippen molar-refractivity contribution < 1.29 is 0 Å². The van der Waals surface area contributed by atoms with E-state index >= 15 is 0 Å². The van der Waals surface area contributed by atoms with E-state index in [4.69, 9.17) is 11.6 Å². The van der Waals surface area contributed by atoms with Gasteiger partial charge in [-0.15, -0.1) is 11.6 Å². The van der Waals surface area contributed by atoms with Crippen molar-refractivity contribution in [3.05, 3.63) is 0 Å². The first-order valence-corrected chi connectivity index (χ1v) is 6.57. The predicted octanol–water partition coefficient (Wildman–Crippen LogP) is 4.32. The molecule has 0 aliphatic heterocycles. The van der Waals surface area contributed by atoms with Gasteiger partial charge in [-0.05, 0) is 12.2 Å². The summed E-state index contributed by atoms with van der Waals surface area (Å²) in [6.07, 6.45) is 6.91. The van der Waals surface area contributed by atoms with Crippen LogP contribution in [-0.2, 0) is 0 Å². The van der Waals surface area contributed by atoms with Gasteiger partial charge >= 0.3 is 0 Å². The van der Waals surface area contributed by atoms with E-state index in [9.17, 15) is 0 Å². The van der Waals surface area contributed by atoms with Crippen molar-refractivity contribution in [2.45, 2.75) is 51.2 Å². The molecule has 1 unspecified atom stereocenters. The lowest BCUT2D eigenvalue weighted by Crippen LogP contribution is -1.98. The summed E-state index contributed by atoms with van der Waals surface area (Å²) in [6.45, 7) is 4.45. The minimum atomic E-state index is 0.637. The molecule has 12 heavy (non-hydrogen) atoms.